The van der Waals surface area contributed by atoms with Gasteiger partial charge in [0.2, 0.25) is 11.8 Å². The Kier molecular flexibility index (Phi) is 4.07. The lowest BCUT2D eigenvalue weighted by molar-refractivity contribution is -0.122. The second kappa shape index (κ2) is 5.92. The van der Waals surface area contributed by atoms with E-state index < -0.39 is 5.66 Å². The average Bonchev–Trinajstić information content (AvgIpc) is 2.82. The Labute approximate surface area is 141 Å². The Morgan fingerprint density at radius 2 is 2.00 bits per heavy atom. The van der Waals surface area contributed by atoms with Crippen molar-refractivity contribution in [3.05, 3.63) is 29.8 Å². The number of carbonyl (C=O) groups is 3. The number of para-hydroxylation sites is 1. The summed E-state index contributed by atoms with van der Waals surface area (Å²) in [6.45, 7) is 6.01. The van der Waals surface area contributed by atoms with Crippen LogP contribution in [-0.2, 0) is 9.59 Å². The molecule has 1 aromatic carbocycles. The van der Waals surface area contributed by atoms with Crippen LogP contribution in [0.15, 0.2) is 24.3 Å². The summed E-state index contributed by atoms with van der Waals surface area (Å²) in [5.74, 6) is -0.179. The smallest absolute Gasteiger partial charge is 0.257 e. The molecule has 1 atom stereocenters. The molecule has 3 rings (SSSR count). The van der Waals surface area contributed by atoms with E-state index in [2.05, 4.69) is 5.32 Å². The average molecular weight is 329 g/mol. The molecule has 1 N–H and O–H groups in total. The third-order valence-corrected chi connectivity index (χ3v) is 4.76. The number of rotatable bonds is 4. The number of benzene rings is 1. The Hall–Kier alpha value is -2.37. The molecule has 128 valence electrons. The van der Waals surface area contributed by atoms with Crippen LogP contribution in [0.1, 0.15) is 50.4 Å². The molecule has 0 radical (unpaired) electrons. The molecule has 0 spiro atoms. The second-order valence-electron chi connectivity index (χ2n) is 6.89. The Morgan fingerprint density at radius 3 is 2.71 bits per heavy atom. The largest absolute Gasteiger partial charge is 0.354 e. The number of fused-ring (bicyclic) bond motifs is 3. The van der Waals surface area contributed by atoms with Crippen LogP contribution in [0.25, 0.3) is 0 Å². The highest BCUT2D eigenvalue weighted by Gasteiger charge is 2.52. The van der Waals surface area contributed by atoms with Crippen molar-refractivity contribution in [2.75, 3.05) is 11.4 Å². The monoisotopic (exact) mass is 329 g/mol. The number of hydrogen-bond acceptors (Lipinski definition) is 3. The zero-order chi connectivity index (χ0) is 17.5. The SMILES string of the molecule is CC(C)NC(=O)CCN1C(=O)c2ccccc2N2C(=O)CCC12C. The minimum absolute atomic E-state index is 0.0223. The van der Waals surface area contributed by atoms with Gasteiger partial charge in [-0.15, -0.1) is 0 Å². The quantitative estimate of drug-likeness (QED) is 0.917. The van der Waals surface area contributed by atoms with Gasteiger partial charge in [-0.25, -0.2) is 0 Å². The molecule has 3 amide bonds. The summed E-state index contributed by atoms with van der Waals surface area (Å²) in [6, 6.07) is 7.25. The van der Waals surface area contributed by atoms with Crippen LogP contribution < -0.4 is 10.2 Å². The molecule has 1 saturated heterocycles. The number of hydrogen-bond donors (Lipinski definition) is 1. The van der Waals surface area contributed by atoms with Crippen molar-refractivity contribution in [3.8, 4) is 0 Å². The summed E-state index contributed by atoms with van der Waals surface area (Å²) < 4.78 is 0. The Bertz CT molecular complexity index is 701. The van der Waals surface area contributed by atoms with Crippen LogP contribution in [0.2, 0.25) is 0 Å². The highest BCUT2D eigenvalue weighted by Crippen LogP contribution is 2.43. The van der Waals surface area contributed by atoms with Crippen molar-refractivity contribution in [1.29, 1.82) is 0 Å². The molecule has 24 heavy (non-hydrogen) atoms. The van der Waals surface area contributed by atoms with E-state index in [9.17, 15) is 14.4 Å². The predicted octanol–water partition coefficient (Wildman–Crippen LogP) is 1.90. The molecule has 2 heterocycles. The Morgan fingerprint density at radius 1 is 1.29 bits per heavy atom. The third kappa shape index (κ3) is 2.56. The van der Waals surface area contributed by atoms with Gasteiger partial charge in [0.1, 0.15) is 5.66 Å². The highest BCUT2D eigenvalue weighted by molar-refractivity contribution is 6.10. The second-order valence-corrected chi connectivity index (χ2v) is 6.89. The first-order valence-electron chi connectivity index (χ1n) is 8.38. The van der Waals surface area contributed by atoms with Crippen LogP contribution in [0.5, 0.6) is 0 Å². The van der Waals surface area contributed by atoms with E-state index in [4.69, 9.17) is 0 Å². The van der Waals surface area contributed by atoms with Crippen LogP contribution in [0.3, 0.4) is 0 Å². The molecule has 1 aromatic rings. The fourth-order valence-corrected chi connectivity index (χ4v) is 3.65. The zero-order valence-corrected chi connectivity index (χ0v) is 14.3. The first-order valence-corrected chi connectivity index (χ1v) is 8.38. The first-order chi connectivity index (χ1) is 11.3. The molecule has 2 aliphatic rings. The Balaban J connectivity index is 1.91. The van der Waals surface area contributed by atoms with Crippen molar-refractivity contribution in [2.45, 2.75) is 51.7 Å². The highest BCUT2D eigenvalue weighted by atomic mass is 16.2. The third-order valence-electron chi connectivity index (χ3n) is 4.76. The van der Waals surface area contributed by atoms with Gasteiger partial charge in [0.05, 0.1) is 11.3 Å². The number of anilines is 1. The number of carbonyl (C=O) groups excluding carboxylic acids is 3. The molecule has 0 aromatic heterocycles. The van der Waals surface area contributed by atoms with E-state index in [1.54, 1.807) is 21.9 Å². The molecule has 1 unspecified atom stereocenters. The zero-order valence-electron chi connectivity index (χ0n) is 14.3. The van der Waals surface area contributed by atoms with Gasteiger partial charge in [-0.1, -0.05) is 12.1 Å². The van der Waals surface area contributed by atoms with E-state index in [1.807, 2.05) is 32.9 Å². The molecule has 1 fully saturated rings. The van der Waals surface area contributed by atoms with Crippen LogP contribution in [-0.4, -0.2) is 40.9 Å². The lowest BCUT2D eigenvalue weighted by Gasteiger charge is -2.48. The fraction of sp³-hybridized carbons (Fsp3) is 0.500. The van der Waals surface area contributed by atoms with Gasteiger partial charge in [-0.2, -0.15) is 0 Å². The van der Waals surface area contributed by atoms with Gasteiger partial charge in [0.25, 0.3) is 5.91 Å². The molecule has 0 saturated carbocycles. The number of nitrogens with zero attached hydrogens (tertiary/aromatic N) is 2. The molecule has 6 nitrogen and oxygen atoms in total. The van der Waals surface area contributed by atoms with Crippen LogP contribution in [0.4, 0.5) is 5.69 Å². The summed E-state index contributed by atoms with van der Waals surface area (Å²) >= 11 is 0. The molecule has 2 aliphatic heterocycles. The van der Waals surface area contributed by atoms with Gasteiger partial charge in [0, 0.05) is 25.4 Å². The van der Waals surface area contributed by atoms with Gasteiger partial charge in [-0.05, 0) is 39.3 Å². The van der Waals surface area contributed by atoms with Crippen molar-refractivity contribution in [1.82, 2.24) is 10.2 Å². The molecule has 0 bridgehead atoms. The molecular formula is C18H23N3O3. The van der Waals surface area contributed by atoms with Gasteiger partial charge in [-0.3, -0.25) is 19.3 Å². The van der Waals surface area contributed by atoms with Crippen molar-refractivity contribution in [3.63, 3.8) is 0 Å². The number of amides is 3. The minimum Gasteiger partial charge on any atom is -0.354 e. The van der Waals surface area contributed by atoms with Crippen molar-refractivity contribution in [2.24, 2.45) is 0 Å². The summed E-state index contributed by atoms with van der Waals surface area (Å²) in [5.41, 5.74) is 0.505. The topological polar surface area (TPSA) is 69.7 Å². The minimum atomic E-state index is -0.694. The normalized spacial score (nSPS) is 22.7. The van der Waals surface area contributed by atoms with E-state index >= 15 is 0 Å². The molecule has 6 heteroatoms. The predicted molar refractivity (Wildman–Crippen MR) is 90.5 cm³/mol. The lowest BCUT2D eigenvalue weighted by atomic mass is 9.98. The van der Waals surface area contributed by atoms with Gasteiger partial charge in [0.15, 0.2) is 0 Å². The van der Waals surface area contributed by atoms with E-state index in [-0.39, 0.29) is 30.2 Å². The van der Waals surface area contributed by atoms with Gasteiger partial charge >= 0.3 is 0 Å². The molecular weight excluding hydrogens is 306 g/mol. The summed E-state index contributed by atoms with van der Waals surface area (Å²) in [6.07, 6.45) is 1.22. The van der Waals surface area contributed by atoms with Gasteiger partial charge < -0.3 is 10.2 Å². The number of nitrogens with one attached hydrogen (secondary N) is 1. The van der Waals surface area contributed by atoms with Crippen molar-refractivity contribution < 1.29 is 14.4 Å². The summed E-state index contributed by atoms with van der Waals surface area (Å²) in [5, 5.41) is 2.84. The first kappa shape index (κ1) is 16.5. The maximum atomic E-state index is 13.0. The fourth-order valence-electron chi connectivity index (χ4n) is 3.65. The summed E-state index contributed by atoms with van der Waals surface area (Å²) in [7, 11) is 0. The maximum Gasteiger partial charge on any atom is 0.257 e. The van der Waals surface area contributed by atoms with E-state index in [0.29, 0.717) is 30.6 Å². The van der Waals surface area contributed by atoms with E-state index in [0.717, 1.165) is 0 Å². The maximum absolute atomic E-state index is 13.0. The standard InChI is InChI=1S/C18H23N3O3/c1-12(2)19-15(22)9-11-20-17(24)13-6-4-5-7-14(13)21-16(23)8-10-18(20,21)3/h4-7,12H,8-11H2,1-3H3,(H,19,22). The van der Waals surface area contributed by atoms with Crippen LogP contribution >= 0.6 is 0 Å². The lowest BCUT2D eigenvalue weighted by Crippen LogP contribution is -2.62. The van der Waals surface area contributed by atoms with E-state index in [1.165, 1.54) is 0 Å². The van der Waals surface area contributed by atoms with Crippen LogP contribution in [0, 0.1) is 0 Å². The summed E-state index contributed by atoms with van der Waals surface area (Å²) in [4.78, 5) is 40.8. The molecule has 0 aliphatic carbocycles. The van der Waals surface area contributed by atoms with Crippen molar-refractivity contribution >= 4 is 23.4 Å².